The van der Waals surface area contributed by atoms with Crippen LogP contribution in [-0.2, 0) is 13.1 Å². The number of benzene rings is 2. The minimum atomic E-state index is -0.0628. The van der Waals surface area contributed by atoms with Gasteiger partial charge in [-0.15, -0.1) is 0 Å². The molecule has 2 aromatic carbocycles. The first-order chi connectivity index (χ1) is 12.3. The maximum atomic E-state index is 12.5. The molecule has 3 aromatic rings. The summed E-state index contributed by atoms with van der Waals surface area (Å²) in [6, 6.07) is 18.2. The Balaban J connectivity index is 1.44. The quantitative estimate of drug-likeness (QED) is 0.748. The number of hydrogen-bond donors (Lipinski definition) is 2. The van der Waals surface area contributed by atoms with Crippen LogP contribution in [0.4, 0.5) is 0 Å². The highest BCUT2D eigenvalue weighted by atomic mass is 16.1. The standard InChI is InChI=1S/C21H23N3O/c25-21(20-13-16-7-3-4-10-19(16)23-20)22-14-17-8-1-2-9-18(17)15-24-11-5-6-12-24/h1-4,7-10,13,23H,5-6,11-12,14-15H2,(H,22,25). The lowest BCUT2D eigenvalue weighted by Crippen LogP contribution is -2.25. The zero-order chi connectivity index (χ0) is 17.1. The van der Waals surface area contributed by atoms with Crippen LogP contribution in [0, 0.1) is 0 Å². The minimum absolute atomic E-state index is 0.0628. The first-order valence-electron chi connectivity index (χ1n) is 8.95. The highest BCUT2D eigenvalue weighted by Crippen LogP contribution is 2.17. The largest absolute Gasteiger partial charge is 0.351 e. The van der Waals surface area contributed by atoms with Crippen molar-refractivity contribution in [1.82, 2.24) is 15.2 Å². The summed E-state index contributed by atoms with van der Waals surface area (Å²) >= 11 is 0. The number of hydrogen-bond acceptors (Lipinski definition) is 2. The summed E-state index contributed by atoms with van der Waals surface area (Å²) in [6.07, 6.45) is 2.58. The number of aromatic amines is 1. The molecule has 0 atom stereocenters. The van der Waals surface area contributed by atoms with Crippen LogP contribution in [0.15, 0.2) is 54.6 Å². The second-order valence-corrected chi connectivity index (χ2v) is 6.70. The van der Waals surface area contributed by atoms with Gasteiger partial charge in [-0.3, -0.25) is 9.69 Å². The van der Waals surface area contributed by atoms with E-state index in [1.807, 2.05) is 36.4 Å². The maximum Gasteiger partial charge on any atom is 0.267 e. The molecule has 4 heteroatoms. The fourth-order valence-electron chi connectivity index (χ4n) is 3.53. The third-order valence-electron chi connectivity index (χ3n) is 4.93. The lowest BCUT2D eigenvalue weighted by Gasteiger charge is -2.17. The molecule has 0 unspecified atom stereocenters. The van der Waals surface area contributed by atoms with E-state index in [4.69, 9.17) is 0 Å². The molecule has 25 heavy (non-hydrogen) atoms. The Morgan fingerprint density at radius 2 is 1.72 bits per heavy atom. The van der Waals surface area contributed by atoms with Crippen molar-refractivity contribution in [3.63, 3.8) is 0 Å². The Hall–Kier alpha value is -2.59. The van der Waals surface area contributed by atoms with Gasteiger partial charge in [0.05, 0.1) is 0 Å². The van der Waals surface area contributed by atoms with E-state index in [2.05, 4.69) is 33.4 Å². The molecule has 1 aliphatic heterocycles. The molecule has 1 aliphatic rings. The zero-order valence-corrected chi connectivity index (χ0v) is 14.3. The lowest BCUT2D eigenvalue weighted by atomic mass is 10.1. The van der Waals surface area contributed by atoms with E-state index in [9.17, 15) is 4.79 Å². The third kappa shape index (κ3) is 3.59. The number of aromatic nitrogens is 1. The van der Waals surface area contributed by atoms with Crippen LogP contribution >= 0.6 is 0 Å². The van der Waals surface area contributed by atoms with Crippen LogP contribution in [0.2, 0.25) is 0 Å². The second-order valence-electron chi connectivity index (χ2n) is 6.70. The molecule has 0 radical (unpaired) electrons. The van der Waals surface area contributed by atoms with Gasteiger partial charge in [-0.05, 0) is 49.2 Å². The Morgan fingerprint density at radius 1 is 1.00 bits per heavy atom. The smallest absolute Gasteiger partial charge is 0.267 e. The van der Waals surface area contributed by atoms with Crippen molar-refractivity contribution in [1.29, 1.82) is 0 Å². The predicted molar refractivity (Wildman–Crippen MR) is 100 cm³/mol. The molecular weight excluding hydrogens is 310 g/mol. The number of nitrogens with zero attached hydrogens (tertiary/aromatic N) is 1. The van der Waals surface area contributed by atoms with Gasteiger partial charge in [0.1, 0.15) is 5.69 Å². The van der Waals surface area contributed by atoms with E-state index in [1.165, 1.54) is 37.1 Å². The van der Waals surface area contributed by atoms with Crippen molar-refractivity contribution in [3.8, 4) is 0 Å². The van der Waals surface area contributed by atoms with E-state index in [0.29, 0.717) is 12.2 Å². The van der Waals surface area contributed by atoms with Crippen molar-refractivity contribution in [3.05, 3.63) is 71.4 Å². The van der Waals surface area contributed by atoms with Crippen molar-refractivity contribution in [2.75, 3.05) is 13.1 Å². The number of rotatable bonds is 5. The topological polar surface area (TPSA) is 48.1 Å². The van der Waals surface area contributed by atoms with Gasteiger partial charge in [0.25, 0.3) is 5.91 Å². The zero-order valence-electron chi connectivity index (χ0n) is 14.3. The van der Waals surface area contributed by atoms with Gasteiger partial charge in [0.15, 0.2) is 0 Å². The van der Waals surface area contributed by atoms with Crippen molar-refractivity contribution >= 4 is 16.8 Å². The van der Waals surface area contributed by atoms with Gasteiger partial charge in [-0.2, -0.15) is 0 Å². The molecule has 0 spiro atoms. The average Bonchev–Trinajstić information content (AvgIpc) is 3.30. The van der Waals surface area contributed by atoms with E-state index in [-0.39, 0.29) is 5.91 Å². The van der Waals surface area contributed by atoms with E-state index in [0.717, 1.165) is 17.4 Å². The summed E-state index contributed by atoms with van der Waals surface area (Å²) in [5.41, 5.74) is 4.10. The van der Waals surface area contributed by atoms with Crippen LogP contribution in [0.1, 0.15) is 34.5 Å². The Labute approximate surface area is 147 Å². The monoisotopic (exact) mass is 333 g/mol. The van der Waals surface area contributed by atoms with Crippen molar-refractivity contribution < 1.29 is 4.79 Å². The fourth-order valence-corrected chi connectivity index (χ4v) is 3.53. The normalized spacial score (nSPS) is 14.9. The summed E-state index contributed by atoms with van der Waals surface area (Å²) in [4.78, 5) is 18.2. The van der Waals surface area contributed by atoms with Gasteiger partial charge in [-0.1, -0.05) is 42.5 Å². The molecule has 1 amide bonds. The highest BCUT2D eigenvalue weighted by molar-refractivity contribution is 5.97. The van der Waals surface area contributed by atoms with E-state index in [1.54, 1.807) is 0 Å². The molecule has 4 nitrogen and oxygen atoms in total. The summed E-state index contributed by atoms with van der Waals surface area (Å²) in [5, 5.41) is 4.11. The van der Waals surface area contributed by atoms with Crippen LogP contribution in [0.25, 0.3) is 10.9 Å². The van der Waals surface area contributed by atoms with Gasteiger partial charge in [0, 0.05) is 24.0 Å². The molecule has 0 aliphatic carbocycles. The van der Waals surface area contributed by atoms with E-state index >= 15 is 0 Å². The molecule has 1 aromatic heterocycles. The Bertz CT molecular complexity index is 844. The molecular formula is C21H23N3O. The Kier molecular flexibility index (Phi) is 4.53. The predicted octanol–water partition coefficient (Wildman–Crippen LogP) is 3.69. The molecule has 2 heterocycles. The summed E-state index contributed by atoms with van der Waals surface area (Å²) in [7, 11) is 0. The SMILES string of the molecule is O=C(NCc1ccccc1CN1CCCC1)c1cc2ccccc2[nH]1. The molecule has 0 bridgehead atoms. The van der Waals surface area contributed by atoms with Gasteiger partial charge < -0.3 is 10.3 Å². The number of para-hydroxylation sites is 1. The number of carbonyl (C=O) groups excluding carboxylic acids is 1. The summed E-state index contributed by atoms with van der Waals surface area (Å²) < 4.78 is 0. The fraction of sp³-hybridized carbons (Fsp3) is 0.286. The summed E-state index contributed by atoms with van der Waals surface area (Å²) in [6.45, 7) is 3.88. The maximum absolute atomic E-state index is 12.5. The number of carbonyl (C=O) groups is 1. The molecule has 1 fully saturated rings. The lowest BCUT2D eigenvalue weighted by molar-refractivity contribution is 0.0946. The van der Waals surface area contributed by atoms with Crippen LogP contribution in [0.5, 0.6) is 0 Å². The second kappa shape index (κ2) is 7.11. The van der Waals surface area contributed by atoms with Crippen molar-refractivity contribution in [2.45, 2.75) is 25.9 Å². The van der Waals surface area contributed by atoms with Gasteiger partial charge in [-0.25, -0.2) is 0 Å². The van der Waals surface area contributed by atoms with Crippen LogP contribution in [-0.4, -0.2) is 28.9 Å². The molecule has 4 rings (SSSR count). The highest BCUT2D eigenvalue weighted by Gasteiger charge is 2.14. The average molecular weight is 333 g/mol. The van der Waals surface area contributed by atoms with Crippen LogP contribution < -0.4 is 5.32 Å². The van der Waals surface area contributed by atoms with Crippen molar-refractivity contribution in [2.24, 2.45) is 0 Å². The van der Waals surface area contributed by atoms with Gasteiger partial charge >= 0.3 is 0 Å². The summed E-state index contributed by atoms with van der Waals surface area (Å²) in [5.74, 6) is -0.0628. The Morgan fingerprint density at radius 3 is 2.52 bits per heavy atom. The number of likely N-dealkylation sites (tertiary alicyclic amines) is 1. The van der Waals surface area contributed by atoms with Gasteiger partial charge in [0.2, 0.25) is 0 Å². The number of nitrogens with one attached hydrogen (secondary N) is 2. The molecule has 1 saturated heterocycles. The third-order valence-corrected chi connectivity index (χ3v) is 4.93. The van der Waals surface area contributed by atoms with E-state index < -0.39 is 0 Å². The number of H-pyrrole nitrogens is 1. The first kappa shape index (κ1) is 15.9. The molecule has 0 saturated carbocycles. The minimum Gasteiger partial charge on any atom is -0.351 e. The number of fused-ring (bicyclic) bond motifs is 1. The number of amides is 1. The van der Waals surface area contributed by atoms with Crippen LogP contribution in [0.3, 0.4) is 0 Å². The first-order valence-corrected chi connectivity index (χ1v) is 8.95. The molecule has 2 N–H and O–H groups in total. The molecule has 128 valence electrons.